The first kappa shape index (κ1) is 15.9. The molecule has 2 N–H and O–H groups in total. The summed E-state index contributed by atoms with van der Waals surface area (Å²) in [7, 11) is 0. The summed E-state index contributed by atoms with van der Waals surface area (Å²) in [6.07, 6.45) is 0. The molecule has 0 atom stereocenters. The predicted octanol–water partition coefficient (Wildman–Crippen LogP) is 3.81. The Morgan fingerprint density at radius 3 is 2.36 bits per heavy atom. The zero-order valence-electron chi connectivity index (χ0n) is 13.3. The minimum atomic E-state index is -0.223. The van der Waals surface area contributed by atoms with E-state index in [9.17, 15) is 4.79 Å². The van der Waals surface area contributed by atoms with Crippen molar-refractivity contribution < 1.29 is 9.53 Å². The molecule has 0 saturated heterocycles. The minimum Gasteiger partial charge on any atom is -0.492 e. The molecule has 0 saturated carbocycles. The molecule has 0 aliphatic rings. The molecule has 0 aliphatic carbocycles. The van der Waals surface area contributed by atoms with Crippen molar-refractivity contribution in [3.05, 3.63) is 59.2 Å². The topological polar surface area (TPSA) is 50.4 Å². The molecule has 116 valence electrons. The average Bonchev–Trinajstić information content (AvgIpc) is 2.48. The van der Waals surface area contributed by atoms with Crippen LogP contribution in [0, 0.1) is 20.8 Å². The number of carbonyl (C=O) groups is 1. The lowest BCUT2D eigenvalue weighted by Gasteiger charge is -2.11. The van der Waals surface area contributed by atoms with Gasteiger partial charge in [0.05, 0.1) is 6.54 Å². The number of nitrogens with one attached hydrogen (secondary N) is 2. The Hall–Kier alpha value is -2.49. The van der Waals surface area contributed by atoms with Gasteiger partial charge in [0, 0.05) is 5.69 Å². The molecule has 4 nitrogen and oxygen atoms in total. The zero-order valence-corrected chi connectivity index (χ0v) is 13.3. The molecule has 0 radical (unpaired) electrons. The van der Waals surface area contributed by atoms with Gasteiger partial charge in [0.15, 0.2) is 0 Å². The molecule has 0 spiro atoms. The van der Waals surface area contributed by atoms with Crippen LogP contribution in [0.1, 0.15) is 16.7 Å². The van der Waals surface area contributed by atoms with Crippen molar-refractivity contribution in [1.82, 2.24) is 5.32 Å². The van der Waals surface area contributed by atoms with Gasteiger partial charge in [0.1, 0.15) is 12.4 Å². The van der Waals surface area contributed by atoms with Crippen LogP contribution >= 0.6 is 0 Å². The standard InChI is InChI=1S/C18H22N2O2/c1-13-4-7-16(8-5-13)22-11-10-19-18(21)20-17-9-6-14(2)12-15(17)3/h4-9,12H,10-11H2,1-3H3,(H2,19,20,21). The number of ether oxygens (including phenoxy) is 1. The van der Waals surface area contributed by atoms with Crippen molar-refractivity contribution in [2.75, 3.05) is 18.5 Å². The molecule has 4 heteroatoms. The monoisotopic (exact) mass is 298 g/mol. The van der Waals surface area contributed by atoms with E-state index in [1.165, 1.54) is 11.1 Å². The Morgan fingerprint density at radius 1 is 1.00 bits per heavy atom. The maximum Gasteiger partial charge on any atom is 0.319 e. The van der Waals surface area contributed by atoms with Gasteiger partial charge in [-0.25, -0.2) is 4.79 Å². The number of aryl methyl sites for hydroxylation is 3. The molecule has 2 aromatic carbocycles. The van der Waals surface area contributed by atoms with Crippen molar-refractivity contribution in [1.29, 1.82) is 0 Å². The molecule has 2 aromatic rings. The third-order valence-corrected chi connectivity index (χ3v) is 3.31. The van der Waals surface area contributed by atoms with E-state index in [1.54, 1.807) is 0 Å². The van der Waals surface area contributed by atoms with Gasteiger partial charge in [-0.1, -0.05) is 35.4 Å². The van der Waals surface area contributed by atoms with Gasteiger partial charge in [-0.15, -0.1) is 0 Å². The van der Waals surface area contributed by atoms with Crippen LogP contribution in [-0.2, 0) is 0 Å². The summed E-state index contributed by atoms with van der Waals surface area (Å²) in [4.78, 5) is 11.8. The predicted molar refractivity (Wildman–Crippen MR) is 89.6 cm³/mol. The number of hydrogen-bond acceptors (Lipinski definition) is 2. The Balaban J connectivity index is 1.72. The highest BCUT2D eigenvalue weighted by molar-refractivity contribution is 5.90. The van der Waals surface area contributed by atoms with Crippen LogP contribution in [-0.4, -0.2) is 19.2 Å². The first-order chi connectivity index (χ1) is 10.5. The van der Waals surface area contributed by atoms with E-state index in [1.807, 2.05) is 63.2 Å². The summed E-state index contributed by atoms with van der Waals surface area (Å²) in [6.45, 7) is 6.92. The highest BCUT2D eigenvalue weighted by Crippen LogP contribution is 2.15. The maximum atomic E-state index is 11.8. The summed E-state index contributed by atoms with van der Waals surface area (Å²) in [5.41, 5.74) is 4.24. The Kier molecular flexibility index (Phi) is 5.42. The molecule has 2 rings (SSSR count). The smallest absolute Gasteiger partial charge is 0.319 e. The molecular weight excluding hydrogens is 276 g/mol. The fourth-order valence-corrected chi connectivity index (χ4v) is 2.09. The van der Waals surface area contributed by atoms with Gasteiger partial charge < -0.3 is 15.4 Å². The molecule has 0 aromatic heterocycles. The summed E-state index contributed by atoms with van der Waals surface area (Å²) < 4.78 is 5.56. The lowest BCUT2D eigenvalue weighted by atomic mass is 10.1. The van der Waals surface area contributed by atoms with Crippen LogP contribution in [0.25, 0.3) is 0 Å². The second-order valence-corrected chi connectivity index (χ2v) is 5.36. The molecule has 2 amide bonds. The van der Waals surface area contributed by atoms with E-state index < -0.39 is 0 Å². The molecular formula is C18H22N2O2. The summed E-state index contributed by atoms with van der Waals surface area (Å²) in [5.74, 6) is 0.808. The van der Waals surface area contributed by atoms with E-state index >= 15 is 0 Å². The maximum absolute atomic E-state index is 11.8. The van der Waals surface area contributed by atoms with Crippen LogP contribution < -0.4 is 15.4 Å². The third kappa shape index (κ3) is 4.81. The van der Waals surface area contributed by atoms with Crippen LogP contribution in [0.15, 0.2) is 42.5 Å². The lowest BCUT2D eigenvalue weighted by molar-refractivity contribution is 0.247. The molecule has 0 fully saturated rings. The van der Waals surface area contributed by atoms with Crippen LogP contribution in [0.5, 0.6) is 5.75 Å². The number of hydrogen-bond donors (Lipinski definition) is 2. The quantitative estimate of drug-likeness (QED) is 0.825. The highest BCUT2D eigenvalue weighted by atomic mass is 16.5. The molecule has 0 heterocycles. The van der Waals surface area contributed by atoms with E-state index in [0.29, 0.717) is 13.2 Å². The van der Waals surface area contributed by atoms with Crippen LogP contribution in [0.3, 0.4) is 0 Å². The van der Waals surface area contributed by atoms with Gasteiger partial charge in [-0.05, 0) is 44.5 Å². The van der Waals surface area contributed by atoms with Gasteiger partial charge in [0.25, 0.3) is 0 Å². The van der Waals surface area contributed by atoms with Crippen molar-refractivity contribution in [2.45, 2.75) is 20.8 Å². The van der Waals surface area contributed by atoms with Crippen molar-refractivity contribution >= 4 is 11.7 Å². The second-order valence-electron chi connectivity index (χ2n) is 5.36. The molecule has 0 unspecified atom stereocenters. The third-order valence-electron chi connectivity index (χ3n) is 3.31. The van der Waals surface area contributed by atoms with Crippen LogP contribution in [0.2, 0.25) is 0 Å². The van der Waals surface area contributed by atoms with E-state index in [-0.39, 0.29) is 6.03 Å². The lowest BCUT2D eigenvalue weighted by Crippen LogP contribution is -2.32. The molecule has 0 aliphatic heterocycles. The SMILES string of the molecule is Cc1ccc(OCCNC(=O)Nc2ccc(C)cc2C)cc1. The zero-order chi connectivity index (χ0) is 15.9. The van der Waals surface area contributed by atoms with Crippen LogP contribution in [0.4, 0.5) is 10.5 Å². The minimum absolute atomic E-state index is 0.223. The molecule has 22 heavy (non-hydrogen) atoms. The average molecular weight is 298 g/mol. The summed E-state index contributed by atoms with van der Waals surface area (Å²) >= 11 is 0. The molecule has 0 bridgehead atoms. The van der Waals surface area contributed by atoms with Crippen molar-refractivity contribution in [3.63, 3.8) is 0 Å². The number of carbonyl (C=O) groups excluding carboxylic acids is 1. The second kappa shape index (κ2) is 7.50. The first-order valence-corrected chi connectivity index (χ1v) is 7.36. The largest absolute Gasteiger partial charge is 0.492 e. The van der Waals surface area contributed by atoms with E-state index in [2.05, 4.69) is 10.6 Å². The number of amides is 2. The van der Waals surface area contributed by atoms with E-state index in [0.717, 1.165) is 17.0 Å². The number of rotatable bonds is 5. The van der Waals surface area contributed by atoms with Gasteiger partial charge in [0.2, 0.25) is 0 Å². The first-order valence-electron chi connectivity index (χ1n) is 7.36. The Bertz CT molecular complexity index is 636. The normalized spacial score (nSPS) is 10.1. The fourth-order valence-electron chi connectivity index (χ4n) is 2.09. The fraction of sp³-hybridized carbons (Fsp3) is 0.278. The number of urea groups is 1. The van der Waals surface area contributed by atoms with Crippen molar-refractivity contribution in [3.8, 4) is 5.75 Å². The Labute approximate surface area is 131 Å². The van der Waals surface area contributed by atoms with Gasteiger partial charge in [-0.3, -0.25) is 0 Å². The summed E-state index contributed by atoms with van der Waals surface area (Å²) in [5, 5.41) is 5.62. The number of benzene rings is 2. The van der Waals surface area contributed by atoms with E-state index in [4.69, 9.17) is 4.74 Å². The number of anilines is 1. The van der Waals surface area contributed by atoms with Crippen molar-refractivity contribution in [2.24, 2.45) is 0 Å². The Morgan fingerprint density at radius 2 is 1.68 bits per heavy atom. The summed E-state index contributed by atoms with van der Waals surface area (Å²) in [6, 6.07) is 13.5. The highest BCUT2D eigenvalue weighted by Gasteiger charge is 2.04. The van der Waals surface area contributed by atoms with Gasteiger partial charge >= 0.3 is 6.03 Å². The van der Waals surface area contributed by atoms with Gasteiger partial charge in [-0.2, -0.15) is 0 Å².